The number of methoxy groups -OCH3 is 1. The SMILES string of the molecule is COc1ccc(/C=C/C(=O)c2cc3cc(Cl)ccc3oc2=O)cc1. The Bertz CT molecular complexity index is 984. The number of ether oxygens (including phenoxy) is 1. The van der Waals surface area contributed by atoms with Crippen molar-refractivity contribution in [3.63, 3.8) is 0 Å². The van der Waals surface area contributed by atoms with Crippen LogP contribution in [0.15, 0.2) is 63.8 Å². The first-order valence-electron chi connectivity index (χ1n) is 7.17. The highest BCUT2D eigenvalue weighted by Gasteiger charge is 2.11. The topological polar surface area (TPSA) is 56.5 Å². The van der Waals surface area contributed by atoms with Gasteiger partial charge in [0, 0.05) is 10.4 Å². The van der Waals surface area contributed by atoms with Crippen LogP contribution in [-0.2, 0) is 0 Å². The van der Waals surface area contributed by atoms with Crippen LogP contribution in [0.1, 0.15) is 15.9 Å². The third-order valence-electron chi connectivity index (χ3n) is 3.50. The molecule has 0 fully saturated rings. The molecule has 0 bridgehead atoms. The van der Waals surface area contributed by atoms with Crippen molar-refractivity contribution in [1.29, 1.82) is 0 Å². The van der Waals surface area contributed by atoms with Gasteiger partial charge in [-0.3, -0.25) is 4.79 Å². The molecule has 0 aliphatic rings. The number of ketones is 1. The van der Waals surface area contributed by atoms with Gasteiger partial charge in [0.2, 0.25) is 0 Å². The summed E-state index contributed by atoms with van der Waals surface area (Å²) in [5, 5.41) is 1.10. The van der Waals surface area contributed by atoms with E-state index in [1.54, 1.807) is 43.5 Å². The minimum Gasteiger partial charge on any atom is -0.497 e. The van der Waals surface area contributed by atoms with E-state index in [-0.39, 0.29) is 5.56 Å². The fourth-order valence-corrected chi connectivity index (χ4v) is 2.42. The smallest absolute Gasteiger partial charge is 0.347 e. The molecule has 0 radical (unpaired) electrons. The molecule has 0 atom stereocenters. The van der Waals surface area contributed by atoms with E-state index in [0.717, 1.165) is 11.3 Å². The zero-order chi connectivity index (χ0) is 17.1. The molecule has 0 amide bonds. The van der Waals surface area contributed by atoms with Crippen LogP contribution >= 0.6 is 11.6 Å². The molecular weight excluding hydrogens is 328 g/mol. The Hall–Kier alpha value is -2.85. The number of rotatable bonds is 4. The Morgan fingerprint density at radius 1 is 1.12 bits per heavy atom. The fourth-order valence-electron chi connectivity index (χ4n) is 2.24. The normalized spacial score (nSPS) is 11.1. The second-order valence-corrected chi connectivity index (χ2v) is 5.54. The van der Waals surface area contributed by atoms with Gasteiger partial charge in [0.25, 0.3) is 0 Å². The molecule has 0 spiro atoms. The van der Waals surface area contributed by atoms with E-state index >= 15 is 0 Å². The highest BCUT2D eigenvalue weighted by atomic mass is 35.5. The van der Waals surface area contributed by atoms with E-state index in [9.17, 15) is 9.59 Å². The van der Waals surface area contributed by atoms with Crippen molar-refractivity contribution in [2.24, 2.45) is 0 Å². The number of allylic oxidation sites excluding steroid dienone is 1. The van der Waals surface area contributed by atoms with Crippen molar-refractivity contribution in [1.82, 2.24) is 0 Å². The lowest BCUT2D eigenvalue weighted by Crippen LogP contribution is -2.11. The van der Waals surface area contributed by atoms with Gasteiger partial charge in [-0.15, -0.1) is 0 Å². The van der Waals surface area contributed by atoms with E-state index in [2.05, 4.69) is 0 Å². The Kier molecular flexibility index (Phi) is 4.49. The van der Waals surface area contributed by atoms with Gasteiger partial charge in [-0.2, -0.15) is 0 Å². The molecule has 1 heterocycles. The molecule has 0 aliphatic heterocycles. The molecule has 0 saturated carbocycles. The first-order chi connectivity index (χ1) is 11.6. The zero-order valence-electron chi connectivity index (χ0n) is 12.8. The number of halogens is 1. The molecule has 120 valence electrons. The van der Waals surface area contributed by atoms with Gasteiger partial charge in [0.1, 0.15) is 16.9 Å². The van der Waals surface area contributed by atoms with Crippen molar-refractivity contribution in [2.75, 3.05) is 7.11 Å². The van der Waals surface area contributed by atoms with Crippen LogP contribution in [0.3, 0.4) is 0 Å². The zero-order valence-corrected chi connectivity index (χ0v) is 13.5. The number of benzene rings is 2. The molecule has 4 nitrogen and oxygen atoms in total. The van der Waals surface area contributed by atoms with Crippen LogP contribution in [0.25, 0.3) is 17.0 Å². The fraction of sp³-hybridized carbons (Fsp3) is 0.0526. The number of hydrogen-bond donors (Lipinski definition) is 0. The lowest BCUT2D eigenvalue weighted by molar-refractivity contribution is 0.104. The standard InChI is InChI=1S/C19H13ClO4/c1-23-15-6-2-12(3-7-15)4-8-17(21)16-11-13-10-14(20)5-9-18(13)24-19(16)22/h2-11H,1H3/b8-4+. The maximum atomic E-state index is 12.3. The molecule has 1 aromatic heterocycles. The molecule has 0 saturated heterocycles. The van der Waals surface area contributed by atoms with E-state index in [4.69, 9.17) is 20.8 Å². The highest BCUT2D eigenvalue weighted by molar-refractivity contribution is 6.31. The maximum Gasteiger partial charge on any atom is 0.347 e. The summed E-state index contributed by atoms with van der Waals surface area (Å²) in [6.45, 7) is 0. The predicted octanol–water partition coefficient (Wildman–Crippen LogP) is 4.35. The van der Waals surface area contributed by atoms with Gasteiger partial charge >= 0.3 is 5.63 Å². The average Bonchev–Trinajstić information content (AvgIpc) is 2.60. The van der Waals surface area contributed by atoms with Crippen LogP contribution < -0.4 is 10.4 Å². The van der Waals surface area contributed by atoms with Gasteiger partial charge in [-0.1, -0.05) is 29.8 Å². The van der Waals surface area contributed by atoms with Crippen LogP contribution in [0, 0.1) is 0 Å². The number of hydrogen-bond acceptors (Lipinski definition) is 4. The lowest BCUT2D eigenvalue weighted by atomic mass is 10.1. The van der Waals surface area contributed by atoms with E-state index in [0.29, 0.717) is 16.0 Å². The van der Waals surface area contributed by atoms with Gasteiger partial charge in [0.05, 0.1) is 7.11 Å². The van der Waals surface area contributed by atoms with Gasteiger partial charge < -0.3 is 9.15 Å². The predicted molar refractivity (Wildman–Crippen MR) is 93.9 cm³/mol. The van der Waals surface area contributed by atoms with Crippen molar-refractivity contribution >= 4 is 34.4 Å². The summed E-state index contributed by atoms with van der Waals surface area (Å²) in [6.07, 6.45) is 2.97. The molecule has 5 heteroatoms. The molecule has 0 aliphatic carbocycles. The third kappa shape index (κ3) is 3.39. The Labute approximate surface area is 142 Å². The summed E-state index contributed by atoms with van der Waals surface area (Å²) < 4.78 is 10.2. The van der Waals surface area contributed by atoms with Crippen molar-refractivity contribution in [3.8, 4) is 5.75 Å². The van der Waals surface area contributed by atoms with Crippen LogP contribution in [0.5, 0.6) is 5.75 Å². The third-order valence-corrected chi connectivity index (χ3v) is 3.74. The Morgan fingerprint density at radius 2 is 1.88 bits per heavy atom. The van der Waals surface area contributed by atoms with Crippen molar-refractivity contribution in [3.05, 3.63) is 81.2 Å². The monoisotopic (exact) mass is 340 g/mol. The maximum absolute atomic E-state index is 12.3. The van der Waals surface area contributed by atoms with E-state index in [1.807, 2.05) is 12.1 Å². The quantitative estimate of drug-likeness (QED) is 0.402. The molecule has 3 aromatic rings. The van der Waals surface area contributed by atoms with Crippen molar-refractivity contribution < 1.29 is 13.9 Å². The van der Waals surface area contributed by atoms with Crippen molar-refractivity contribution in [2.45, 2.75) is 0 Å². The molecular formula is C19H13ClO4. The summed E-state index contributed by atoms with van der Waals surface area (Å²) >= 11 is 5.93. The molecule has 24 heavy (non-hydrogen) atoms. The lowest BCUT2D eigenvalue weighted by Gasteiger charge is -2.00. The number of carbonyl (C=O) groups is 1. The number of fused-ring (bicyclic) bond motifs is 1. The molecule has 3 rings (SSSR count). The van der Waals surface area contributed by atoms with Gasteiger partial charge in [0.15, 0.2) is 5.78 Å². The summed E-state index contributed by atoms with van der Waals surface area (Å²) in [7, 11) is 1.58. The minimum atomic E-state index is -0.672. The number of carbonyl (C=O) groups excluding carboxylic acids is 1. The average molecular weight is 341 g/mol. The van der Waals surface area contributed by atoms with Crippen LogP contribution in [0.4, 0.5) is 0 Å². The first-order valence-corrected chi connectivity index (χ1v) is 7.54. The van der Waals surface area contributed by atoms with Crippen LogP contribution in [-0.4, -0.2) is 12.9 Å². The second-order valence-electron chi connectivity index (χ2n) is 5.10. The highest BCUT2D eigenvalue weighted by Crippen LogP contribution is 2.19. The van der Waals surface area contributed by atoms with Gasteiger partial charge in [-0.25, -0.2) is 4.79 Å². The largest absolute Gasteiger partial charge is 0.497 e. The summed E-state index contributed by atoms with van der Waals surface area (Å²) in [4.78, 5) is 24.3. The second kappa shape index (κ2) is 6.72. The minimum absolute atomic E-state index is 0.0328. The molecule has 0 unspecified atom stereocenters. The summed E-state index contributed by atoms with van der Waals surface area (Å²) in [5.41, 5.74) is 0.501. The van der Waals surface area contributed by atoms with E-state index in [1.165, 1.54) is 12.1 Å². The Balaban J connectivity index is 1.91. The summed E-state index contributed by atoms with van der Waals surface area (Å²) in [6, 6.07) is 13.6. The van der Waals surface area contributed by atoms with Crippen LogP contribution in [0.2, 0.25) is 5.02 Å². The summed E-state index contributed by atoms with van der Waals surface area (Å²) in [5.74, 6) is 0.298. The Morgan fingerprint density at radius 3 is 2.58 bits per heavy atom. The molecule has 0 N–H and O–H groups in total. The molecule has 2 aromatic carbocycles. The first kappa shape index (κ1) is 16.0. The van der Waals surface area contributed by atoms with Gasteiger partial charge in [-0.05, 0) is 48.0 Å². The van der Waals surface area contributed by atoms with E-state index < -0.39 is 11.4 Å².